The number of rotatable bonds is 6. The van der Waals surface area contributed by atoms with Gasteiger partial charge in [-0.15, -0.1) is 0 Å². The van der Waals surface area contributed by atoms with Gasteiger partial charge in [-0.05, 0) is 31.2 Å². The van der Waals surface area contributed by atoms with Gasteiger partial charge in [0.05, 0.1) is 16.9 Å². The number of halogens is 1. The number of carbonyl (C=O) groups is 4. The molecule has 0 aliphatic carbocycles. The second kappa shape index (κ2) is 8.51. The molecule has 29 heavy (non-hydrogen) atoms. The lowest BCUT2D eigenvalue weighted by Gasteiger charge is -2.17. The van der Waals surface area contributed by atoms with Gasteiger partial charge in [0, 0.05) is 13.0 Å². The summed E-state index contributed by atoms with van der Waals surface area (Å²) in [5.74, 6) is -2.13. The molecule has 1 unspecified atom stereocenters. The van der Waals surface area contributed by atoms with E-state index in [1.807, 2.05) is 0 Å². The van der Waals surface area contributed by atoms with E-state index in [1.165, 1.54) is 24.3 Å². The number of nitrogens with zero attached hydrogens (tertiary/aromatic N) is 1. The fraction of sp³-hybridized carbons (Fsp3) is 0.200. The molecule has 0 radical (unpaired) electrons. The molecular weight excluding hydrogens is 379 g/mol. The number of hydrogen-bond acceptors (Lipinski definition) is 4. The first-order valence-corrected chi connectivity index (χ1v) is 8.94. The summed E-state index contributed by atoms with van der Waals surface area (Å²) in [6.07, 6.45) is -0.0783. The third-order valence-corrected chi connectivity index (χ3v) is 4.31. The van der Waals surface area contributed by atoms with E-state index in [9.17, 15) is 23.6 Å². The quantitative estimate of drug-likeness (QED) is 0.647. The fourth-order valence-corrected chi connectivity index (χ4v) is 2.85. The Bertz CT molecular complexity index is 978. The van der Waals surface area contributed by atoms with Crippen LogP contribution in [0.2, 0.25) is 0 Å². The Kier molecular flexibility index (Phi) is 5.87. The molecule has 0 saturated carbocycles. The molecule has 1 saturated heterocycles. The van der Waals surface area contributed by atoms with Crippen molar-refractivity contribution in [1.29, 1.82) is 0 Å². The molecule has 1 atom stereocenters. The van der Waals surface area contributed by atoms with Gasteiger partial charge in [-0.25, -0.2) is 14.1 Å². The maximum atomic E-state index is 13.6. The molecule has 0 aromatic heterocycles. The van der Waals surface area contributed by atoms with E-state index >= 15 is 0 Å². The first-order chi connectivity index (χ1) is 13.9. The fourth-order valence-electron chi connectivity index (χ4n) is 2.85. The van der Waals surface area contributed by atoms with Crippen LogP contribution in [0.4, 0.5) is 20.6 Å². The molecule has 2 aromatic rings. The first-order valence-electron chi connectivity index (χ1n) is 8.94. The number of imide groups is 1. The van der Waals surface area contributed by atoms with Gasteiger partial charge in [0.2, 0.25) is 5.91 Å². The maximum Gasteiger partial charge on any atom is 0.329 e. The highest BCUT2D eigenvalue weighted by Gasteiger charge is 2.37. The van der Waals surface area contributed by atoms with E-state index < -0.39 is 35.6 Å². The van der Waals surface area contributed by atoms with Gasteiger partial charge in [0.15, 0.2) is 0 Å². The SMILES string of the molecule is CC1NC(=O)N(c2ccccc2NC(=O)CCNC(=O)c2ccccc2F)C1=O. The summed E-state index contributed by atoms with van der Waals surface area (Å²) in [4.78, 5) is 49.4. The molecule has 1 aliphatic heterocycles. The van der Waals surface area contributed by atoms with Gasteiger partial charge in [0.25, 0.3) is 11.8 Å². The van der Waals surface area contributed by atoms with Gasteiger partial charge in [-0.3, -0.25) is 14.4 Å². The molecule has 3 rings (SSSR count). The predicted molar refractivity (Wildman–Crippen MR) is 104 cm³/mol. The third kappa shape index (κ3) is 4.40. The number of carbonyl (C=O) groups excluding carboxylic acids is 4. The average Bonchev–Trinajstić information content (AvgIpc) is 2.94. The number of urea groups is 1. The lowest BCUT2D eigenvalue weighted by atomic mass is 10.2. The molecule has 150 valence electrons. The number of para-hydroxylation sites is 2. The zero-order chi connectivity index (χ0) is 21.0. The highest BCUT2D eigenvalue weighted by atomic mass is 19.1. The Morgan fingerprint density at radius 2 is 1.79 bits per heavy atom. The Hall–Kier alpha value is -3.75. The summed E-state index contributed by atoms with van der Waals surface area (Å²) in [7, 11) is 0. The summed E-state index contributed by atoms with van der Waals surface area (Å²) in [5.41, 5.74) is 0.435. The molecule has 1 fully saturated rings. The van der Waals surface area contributed by atoms with E-state index in [-0.39, 0.29) is 29.9 Å². The average molecular weight is 398 g/mol. The molecule has 1 heterocycles. The van der Waals surface area contributed by atoms with Crippen molar-refractivity contribution in [2.45, 2.75) is 19.4 Å². The molecule has 0 bridgehead atoms. The summed E-state index contributed by atoms with van der Waals surface area (Å²) < 4.78 is 13.6. The monoisotopic (exact) mass is 398 g/mol. The molecule has 0 spiro atoms. The standard InChI is InChI=1S/C20H19FN4O4/c1-12-19(28)25(20(29)23-12)16-9-5-4-8-15(16)24-17(26)10-11-22-18(27)13-6-2-3-7-14(13)21/h2-9,12H,10-11H2,1H3,(H,22,27)(H,23,29)(H,24,26). The molecule has 8 nitrogen and oxygen atoms in total. The van der Waals surface area contributed by atoms with Crippen LogP contribution < -0.4 is 20.9 Å². The Labute approximate surface area is 166 Å². The summed E-state index contributed by atoms with van der Waals surface area (Å²) >= 11 is 0. The minimum Gasteiger partial charge on any atom is -0.351 e. The number of anilines is 2. The van der Waals surface area contributed by atoms with Crippen LogP contribution in [0.15, 0.2) is 48.5 Å². The van der Waals surface area contributed by atoms with Crippen LogP contribution in [-0.2, 0) is 9.59 Å². The Morgan fingerprint density at radius 1 is 1.10 bits per heavy atom. The maximum absolute atomic E-state index is 13.6. The van der Waals surface area contributed by atoms with E-state index in [4.69, 9.17) is 0 Å². The van der Waals surface area contributed by atoms with E-state index in [1.54, 1.807) is 31.2 Å². The normalized spacial score (nSPS) is 15.8. The van der Waals surface area contributed by atoms with Crippen molar-refractivity contribution in [3.8, 4) is 0 Å². The minimum absolute atomic E-state index is 0.0126. The summed E-state index contributed by atoms with van der Waals surface area (Å²) in [5, 5.41) is 7.62. The van der Waals surface area contributed by atoms with E-state index in [0.717, 1.165) is 4.90 Å². The van der Waals surface area contributed by atoms with Crippen molar-refractivity contribution in [2.75, 3.05) is 16.8 Å². The number of hydrogen-bond donors (Lipinski definition) is 3. The van der Waals surface area contributed by atoms with Crippen molar-refractivity contribution < 1.29 is 23.6 Å². The van der Waals surface area contributed by atoms with Crippen molar-refractivity contribution in [2.24, 2.45) is 0 Å². The van der Waals surface area contributed by atoms with Crippen LogP contribution in [0, 0.1) is 5.82 Å². The molecule has 5 amide bonds. The van der Waals surface area contributed by atoms with E-state index in [2.05, 4.69) is 16.0 Å². The molecule has 9 heteroatoms. The Balaban J connectivity index is 1.60. The topological polar surface area (TPSA) is 108 Å². The van der Waals surface area contributed by atoms with Gasteiger partial charge in [0.1, 0.15) is 11.9 Å². The number of benzene rings is 2. The second-order valence-electron chi connectivity index (χ2n) is 6.40. The zero-order valence-electron chi connectivity index (χ0n) is 15.6. The number of amides is 5. The van der Waals surface area contributed by atoms with Crippen LogP contribution in [-0.4, -0.2) is 36.3 Å². The molecule has 2 aromatic carbocycles. The predicted octanol–water partition coefficient (Wildman–Crippen LogP) is 2.03. The van der Waals surface area contributed by atoms with Crippen LogP contribution in [0.25, 0.3) is 0 Å². The van der Waals surface area contributed by atoms with Crippen molar-refractivity contribution in [1.82, 2.24) is 10.6 Å². The molecule has 1 aliphatic rings. The minimum atomic E-state index is -0.653. The van der Waals surface area contributed by atoms with E-state index in [0.29, 0.717) is 0 Å². The van der Waals surface area contributed by atoms with Gasteiger partial charge in [-0.1, -0.05) is 24.3 Å². The zero-order valence-corrected chi connectivity index (χ0v) is 15.6. The van der Waals surface area contributed by atoms with Crippen LogP contribution in [0.1, 0.15) is 23.7 Å². The lowest BCUT2D eigenvalue weighted by Crippen LogP contribution is -2.32. The van der Waals surface area contributed by atoms with Gasteiger partial charge >= 0.3 is 6.03 Å². The number of nitrogens with one attached hydrogen (secondary N) is 3. The van der Waals surface area contributed by atoms with Crippen LogP contribution in [0.3, 0.4) is 0 Å². The molecule has 3 N–H and O–H groups in total. The highest BCUT2D eigenvalue weighted by molar-refractivity contribution is 6.23. The Morgan fingerprint density at radius 3 is 2.48 bits per heavy atom. The van der Waals surface area contributed by atoms with Crippen molar-refractivity contribution in [3.05, 3.63) is 59.9 Å². The third-order valence-electron chi connectivity index (χ3n) is 4.31. The lowest BCUT2D eigenvalue weighted by molar-refractivity contribution is -0.118. The van der Waals surface area contributed by atoms with Crippen LogP contribution >= 0.6 is 0 Å². The summed E-state index contributed by atoms with van der Waals surface area (Å²) in [6, 6.07) is 10.7. The highest BCUT2D eigenvalue weighted by Crippen LogP contribution is 2.28. The summed E-state index contributed by atoms with van der Waals surface area (Å²) in [6.45, 7) is 1.56. The van der Waals surface area contributed by atoms with Crippen LogP contribution in [0.5, 0.6) is 0 Å². The smallest absolute Gasteiger partial charge is 0.329 e. The van der Waals surface area contributed by atoms with Gasteiger partial charge in [-0.2, -0.15) is 0 Å². The second-order valence-corrected chi connectivity index (χ2v) is 6.40. The van der Waals surface area contributed by atoms with Crippen molar-refractivity contribution >= 4 is 35.1 Å². The van der Waals surface area contributed by atoms with Gasteiger partial charge < -0.3 is 16.0 Å². The largest absolute Gasteiger partial charge is 0.351 e. The first kappa shape index (κ1) is 20.0. The molecular formula is C20H19FN4O4. The van der Waals surface area contributed by atoms with Crippen molar-refractivity contribution in [3.63, 3.8) is 0 Å².